The van der Waals surface area contributed by atoms with Gasteiger partial charge in [-0.05, 0) is 37.6 Å². The van der Waals surface area contributed by atoms with Crippen LogP contribution in [0.15, 0.2) is 36.4 Å². The van der Waals surface area contributed by atoms with Gasteiger partial charge < -0.3 is 20.3 Å². The number of carbonyl (C=O) groups excluding carboxylic acids is 3. The van der Waals surface area contributed by atoms with Gasteiger partial charge in [-0.2, -0.15) is 0 Å². The second-order valence-electron chi connectivity index (χ2n) is 7.23. The molecule has 28 heavy (non-hydrogen) atoms. The van der Waals surface area contributed by atoms with E-state index in [4.69, 9.17) is 4.74 Å². The zero-order valence-electron chi connectivity index (χ0n) is 15.7. The van der Waals surface area contributed by atoms with Crippen molar-refractivity contribution in [2.45, 2.75) is 20.3 Å². The summed E-state index contributed by atoms with van der Waals surface area (Å²) in [6.07, 6.45) is 0.177. The van der Waals surface area contributed by atoms with E-state index in [9.17, 15) is 14.4 Å². The maximum atomic E-state index is 12.7. The molecule has 0 saturated carbocycles. The van der Waals surface area contributed by atoms with Crippen LogP contribution >= 0.6 is 0 Å². The molecule has 2 aromatic rings. The molecule has 3 amide bonds. The molecule has 2 heterocycles. The number of rotatable bonds is 3. The van der Waals surface area contributed by atoms with E-state index < -0.39 is 5.92 Å². The van der Waals surface area contributed by atoms with Gasteiger partial charge in [0.05, 0.1) is 11.6 Å². The van der Waals surface area contributed by atoms with E-state index >= 15 is 0 Å². The lowest BCUT2D eigenvalue weighted by Gasteiger charge is -2.20. The van der Waals surface area contributed by atoms with E-state index in [2.05, 4.69) is 10.6 Å². The predicted molar refractivity (Wildman–Crippen MR) is 106 cm³/mol. The first kappa shape index (κ1) is 18.0. The lowest BCUT2D eigenvalue weighted by molar-refractivity contribution is -0.122. The maximum Gasteiger partial charge on any atom is 0.262 e. The van der Waals surface area contributed by atoms with Crippen LogP contribution in [0.3, 0.4) is 0 Å². The maximum absolute atomic E-state index is 12.7. The molecule has 1 atom stereocenters. The first-order valence-electron chi connectivity index (χ1n) is 9.16. The zero-order chi connectivity index (χ0) is 19.8. The Morgan fingerprint density at radius 3 is 2.79 bits per heavy atom. The van der Waals surface area contributed by atoms with E-state index in [1.165, 1.54) is 0 Å². The zero-order valence-corrected chi connectivity index (χ0v) is 15.7. The monoisotopic (exact) mass is 379 g/mol. The molecule has 0 unspecified atom stereocenters. The van der Waals surface area contributed by atoms with Crippen molar-refractivity contribution in [3.05, 3.63) is 47.5 Å². The number of benzene rings is 2. The van der Waals surface area contributed by atoms with Gasteiger partial charge in [0.15, 0.2) is 6.61 Å². The van der Waals surface area contributed by atoms with Crippen molar-refractivity contribution in [3.63, 3.8) is 0 Å². The molecule has 144 valence electrons. The van der Waals surface area contributed by atoms with Gasteiger partial charge in [-0.1, -0.05) is 17.7 Å². The second kappa shape index (κ2) is 6.99. The van der Waals surface area contributed by atoms with Crippen LogP contribution < -0.4 is 20.3 Å². The van der Waals surface area contributed by atoms with Crippen LogP contribution in [0.5, 0.6) is 5.75 Å². The molecule has 1 fully saturated rings. The molecular formula is C21H21N3O4. The highest BCUT2D eigenvalue weighted by molar-refractivity contribution is 6.04. The first-order chi connectivity index (χ1) is 13.4. The highest BCUT2D eigenvalue weighted by Gasteiger charge is 2.35. The molecule has 4 rings (SSSR count). The Morgan fingerprint density at radius 2 is 2.00 bits per heavy atom. The summed E-state index contributed by atoms with van der Waals surface area (Å²) in [5.41, 5.74) is 4.14. The van der Waals surface area contributed by atoms with Crippen molar-refractivity contribution in [3.8, 4) is 5.75 Å². The van der Waals surface area contributed by atoms with Crippen LogP contribution in [0.1, 0.15) is 17.5 Å². The summed E-state index contributed by atoms with van der Waals surface area (Å²) in [5.74, 6) is -0.383. The molecule has 0 bridgehead atoms. The van der Waals surface area contributed by atoms with Crippen LogP contribution in [-0.2, 0) is 14.4 Å². The van der Waals surface area contributed by atoms with Crippen LogP contribution in [0.2, 0.25) is 0 Å². The number of hydrogen-bond acceptors (Lipinski definition) is 4. The second-order valence-corrected chi connectivity index (χ2v) is 7.23. The molecule has 0 aromatic heterocycles. The van der Waals surface area contributed by atoms with Gasteiger partial charge in [-0.25, -0.2) is 0 Å². The quantitative estimate of drug-likeness (QED) is 0.858. The van der Waals surface area contributed by atoms with Crippen LogP contribution in [0.4, 0.5) is 17.1 Å². The summed E-state index contributed by atoms with van der Waals surface area (Å²) in [4.78, 5) is 38.2. The minimum absolute atomic E-state index is 0.0492. The number of nitrogens with zero attached hydrogens (tertiary/aromatic N) is 1. The van der Waals surface area contributed by atoms with E-state index in [1.54, 1.807) is 23.1 Å². The smallest absolute Gasteiger partial charge is 0.262 e. The Balaban J connectivity index is 1.46. The highest BCUT2D eigenvalue weighted by Crippen LogP contribution is 2.32. The molecule has 7 heteroatoms. The van der Waals surface area contributed by atoms with Crippen molar-refractivity contribution < 1.29 is 19.1 Å². The van der Waals surface area contributed by atoms with Crippen LogP contribution in [0, 0.1) is 19.8 Å². The molecule has 2 aromatic carbocycles. The molecule has 0 radical (unpaired) electrons. The summed E-state index contributed by atoms with van der Waals surface area (Å²) < 4.78 is 5.37. The molecule has 2 aliphatic heterocycles. The SMILES string of the molecule is Cc1ccc(N2C[C@@H](C(=O)Nc3ccc4c(c3)OCC(=O)N4)CC2=O)c(C)c1. The molecule has 1 saturated heterocycles. The number of anilines is 3. The van der Waals surface area contributed by atoms with E-state index in [0.29, 0.717) is 23.7 Å². The Kier molecular flexibility index (Phi) is 4.50. The standard InChI is InChI=1S/C21H21N3O4/c1-12-3-6-17(13(2)7-12)24-10-14(8-20(24)26)21(27)22-15-4-5-16-18(9-15)28-11-19(25)23-16/h3-7,9,14H,8,10-11H2,1-2H3,(H,22,27)(H,23,25)/t14-/m0/s1. The Morgan fingerprint density at radius 1 is 1.18 bits per heavy atom. The van der Waals surface area contributed by atoms with Crippen molar-refractivity contribution in [2.24, 2.45) is 5.92 Å². The predicted octanol–water partition coefficient (Wildman–Crippen LogP) is 2.63. The third-order valence-electron chi connectivity index (χ3n) is 5.02. The molecule has 0 aliphatic carbocycles. The number of amides is 3. The van der Waals surface area contributed by atoms with Gasteiger partial charge in [0.2, 0.25) is 11.8 Å². The number of carbonyl (C=O) groups is 3. The van der Waals surface area contributed by atoms with E-state index in [1.807, 2.05) is 32.0 Å². The minimum Gasteiger partial charge on any atom is -0.482 e. The molecule has 7 nitrogen and oxygen atoms in total. The lowest BCUT2D eigenvalue weighted by atomic mass is 10.1. The van der Waals surface area contributed by atoms with E-state index in [0.717, 1.165) is 16.8 Å². The number of aryl methyl sites for hydroxylation is 2. The highest BCUT2D eigenvalue weighted by atomic mass is 16.5. The van der Waals surface area contributed by atoms with Crippen molar-refractivity contribution in [1.82, 2.24) is 0 Å². The Bertz CT molecular complexity index is 986. The lowest BCUT2D eigenvalue weighted by Crippen LogP contribution is -2.29. The van der Waals surface area contributed by atoms with Gasteiger partial charge in [-0.15, -0.1) is 0 Å². The summed E-state index contributed by atoms with van der Waals surface area (Å²) in [6.45, 7) is 4.28. The molecule has 0 spiro atoms. The molecular weight excluding hydrogens is 358 g/mol. The van der Waals surface area contributed by atoms with Crippen LogP contribution in [-0.4, -0.2) is 30.9 Å². The third kappa shape index (κ3) is 3.43. The summed E-state index contributed by atoms with van der Waals surface area (Å²) in [5, 5.41) is 5.56. The van der Waals surface area contributed by atoms with Gasteiger partial charge in [-0.3, -0.25) is 14.4 Å². The van der Waals surface area contributed by atoms with Gasteiger partial charge >= 0.3 is 0 Å². The van der Waals surface area contributed by atoms with Gasteiger partial charge in [0.1, 0.15) is 5.75 Å². The third-order valence-corrected chi connectivity index (χ3v) is 5.02. The van der Waals surface area contributed by atoms with Crippen LogP contribution in [0.25, 0.3) is 0 Å². The van der Waals surface area contributed by atoms with E-state index in [-0.39, 0.29) is 30.7 Å². The fourth-order valence-corrected chi connectivity index (χ4v) is 3.62. The first-order valence-corrected chi connectivity index (χ1v) is 9.16. The van der Waals surface area contributed by atoms with Gasteiger partial charge in [0.25, 0.3) is 5.91 Å². The fraction of sp³-hybridized carbons (Fsp3) is 0.286. The average molecular weight is 379 g/mol. The number of ether oxygens (including phenoxy) is 1. The molecule has 2 N–H and O–H groups in total. The minimum atomic E-state index is -0.426. The molecule has 2 aliphatic rings. The fourth-order valence-electron chi connectivity index (χ4n) is 3.62. The largest absolute Gasteiger partial charge is 0.482 e. The van der Waals surface area contributed by atoms with Crippen molar-refractivity contribution in [1.29, 1.82) is 0 Å². The summed E-state index contributed by atoms with van der Waals surface area (Å²) >= 11 is 0. The van der Waals surface area contributed by atoms with Crippen molar-refractivity contribution >= 4 is 34.8 Å². The Hall–Kier alpha value is -3.35. The summed E-state index contributed by atoms with van der Waals surface area (Å²) in [6, 6.07) is 11.0. The number of nitrogens with one attached hydrogen (secondary N) is 2. The van der Waals surface area contributed by atoms with Gasteiger partial charge in [0, 0.05) is 30.4 Å². The van der Waals surface area contributed by atoms with Crippen molar-refractivity contribution in [2.75, 3.05) is 28.7 Å². The topological polar surface area (TPSA) is 87.7 Å². The Labute approximate surface area is 162 Å². The average Bonchev–Trinajstić information content (AvgIpc) is 3.03. The number of hydrogen-bond donors (Lipinski definition) is 2. The normalized spacial score (nSPS) is 18.4. The summed E-state index contributed by atoms with van der Waals surface area (Å²) in [7, 11) is 0. The number of fused-ring (bicyclic) bond motifs is 1.